The smallest absolute Gasteiger partial charge is 0.327 e. The molecule has 0 saturated heterocycles. The van der Waals surface area contributed by atoms with E-state index in [4.69, 9.17) is 5.73 Å². The zero-order valence-electron chi connectivity index (χ0n) is 12.3. The van der Waals surface area contributed by atoms with Crippen LogP contribution >= 0.6 is 8.69 Å². The van der Waals surface area contributed by atoms with Crippen molar-refractivity contribution in [2.45, 2.75) is 78.1 Å². The lowest BCUT2D eigenvalue weighted by molar-refractivity contribution is 0.365. The van der Waals surface area contributed by atoms with Crippen LogP contribution in [0.2, 0.25) is 0 Å². The SMILES string of the molecule is CCCCCCCCCCCCN.CCOP=O. The Kier molecular flexibility index (Phi) is 25.1. The van der Waals surface area contributed by atoms with E-state index in [0.717, 1.165) is 6.54 Å². The molecule has 0 aliphatic carbocycles. The highest BCUT2D eigenvalue weighted by molar-refractivity contribution is 7.17. The van der Waals surface area contributed by atoms with Crippen LogP contribution in [0.15, 0.2) is 0 Å². The van der Waals surface area contributed by atoms with Gasteiger partial charge in [-0.05, 0) is 19.9 Å². The maximum atomic E-state index is 9.28. The molecule has 0 aromatic carbocycles. The van der Waals surface area contributed by atoms with Crippen molar-refractivity contribution in [2.75, 3.05) is 13.2 Å². The first kappa shape index (κ1) is 20.3. The lowest BCUT2D eigenvalue weighted by atomic mass is 10.1. The van der Waals surface area contributed by atoms with E-state index >= 15 is 0 Å². The number of unbranched alkanes of at least 4 members (excludes halogenated alkanes) is 9. The van der Waals surface area contributed by atoms with Gasteiger partial charge in [0.2, 0.25) is 0 Å². The van der Waals surface area contributed by atoms with Gasteiger partial charge in [0.1, 0.15) is 0 Å². The van der Waals surface area contributed by atoms with Crippen molar-refractivity contribution >= 4 is 8.69 Å². The fourth-order valence-electron chi connectivity index (χ4n) is 1.68. The zero-order valence-corrected chi connectivity index (χ0v) is 13.2. The van der Waals surface area contributed by atoms with E-state index in [-0.39, 0.29) is 8.69 Å². The third-order valence-electron chi connectivity index (χ3n) is 2.74. The molecule has 0 heterocycles. The van der Waals surface area contributed by atoms with Gasteiger partial charge in [0, 0.05) is 0 Å². The van der Waals surface area contributed by atoms with Crippen molar-refractivity contribution in [1.29, 1.82) is 0 Å². The summed E-state index contributed by atoms with van der Waals surface area (Å²) < 4.78 is 13.5. The largest absolute Gasteiger partial charge is 0.330 e. The van der Waals surface area contributed by atoms with Gasteiger partial charge in [-0.1, -0.05) is 64.7 Å². The van der Waals surface area contributed by atoms with Gasteiger partial charge in [0.25, 0.3) is 0 Å². The highest BCUT2D eigenvalue weighted by Crippen LogP contribution is 2.09. The Hall–Kier alpha value is 0.0200. The number of hydrogen-bond donors (Lipinski definition) is 1. The van der Waals surface area contributed by atoms with Gasteiger partial charge < -0.3 is 5.73 Å². The lowest BCUT2D eigenvalue weighted by Crippen LogP contribution is -1.97. The summed E-state index contributed by atoms with van der Waals surface area (Å²) in [6.45, 7) is 5.44. The highest BCUT2D eigenvalue weighted by Gasteiger charge is 1.91. The molecule has 3 nitrogen and oxygen atoms in total. The minimum absolute atomic E-state index is 0.220. The molecule has 2 N–H and O–H groups in total. The molecule has 0 aliphatic heterocycles. The summed E-state index contributed by atoms with van der Waals surface area (Å²) in [5.74, 6) is 0. The summed E-state index contributed by atoms with van der Waals surface area (Å²) in [5, 5.41) is 0. The first-order valence-corrected chi connectivity index (χ1v) is 8.21. The molecule has 110 valence electrons. The molecule has 0 radical (unpaired) electrons. The quantitative estimate of drug-likeness (QED) is 0.399. The zero-order chi connectivity index (χ0) is 13.9. The molecule has 0 saturated carbocycles. The van der Waals surface area contributed by atoms with Gasteiger partial charge in [0.15, 0.2) is 0 Å². The van der Waals surface area contributed by atoms with Crippen LogP contribution in [-0.2, 0) is 9.09 Å². The second kappa shape index (κ2) is 22.2. The summed E-state index contributed by atoms with van der Waals surface area (Å²) in [4.78, 5) is 0. The third-order valence-corrected chi connectivity index (χ3v) is 3.10. The Morgan fingerprint density at radius 1 is 0.833 bits per heavy atom. The second-order valence-electron chi connectivity index (χ2n) is 4.46. The number of rotatable bonds is 12. The average Bonchev–Trinajstić information content (AvgIpc) is 2.39. The Morgan fingerprint density at radius 3 is 1.56 bits per heavy atom. The summed E-state index contributed by atoms with van der Waals surface area (Å²) in [7, 11) is -0.220. The fraction of sp³-hybridized carbons (Fsp3) is 1.00. The highest BCUT2D eigenvalue weighted by atomic mass is 31.1. The van der Waals surface area contributed by atoms with Gasteiger partial charge in [0.05, 0.1) is 6.61 Å². The first-order chi connectivity index (χ1) is 8.83. The van der Waals surface area contributed by atoms with E-state index in [9.17, 15) is 4.57 Å². The van der Waals surface area contributed by atoms with Crippen molar-refractivity contribution in [2.24, 2.45) is 5.73 Å². The van der Waals surface area contributed by atoms with Crippen LogP contribution < -0.4 is 5.73 Å². The average molecular weight is 277 g/mol. The summed E-state index contributed by atoms with van der Waals surface area (Å²) >= 11 is 0. The monoisotopic (exact) mass is 277 g/mol. The molecular weight excluding hydrogens is 245 g/mol. The molecule has 0 aromatic rings. The van der Waals surface area contributed by atoms with Gasteiger partial charge in [-0.25, -0.2) is 4.57 Å². The van der Waals surface area contributed by atoms with E-state index in [1.807, 2.05) is 0 Å². The summed E-state index contributed by atoms with van der Waals surface area (Å²) in [5.41, 5.74) is 5.42. The van der Waals surface area contributed by atoms with Gasteiger partial charge >= 0.3 is 8.69 Å². The molecule has 18 heavy (non-hydrogen) atoms. The van der Waals surface area contributed by atoms with Crippen molar-refractivity contribution in [3.8, 4) is 0 Å². The Balaban J connectivity index is 0. The summed E-state index contributed by atoms with van der Waals surface area (Å²) in [6, 6.07) is 0. The van der Waals surface area contributed by atoms with Crippen molar-refractivity contribution in [3.63, 3.8) is 0 Å². The molecule has 4 heteroatoms. The molecule has 0 bridgehead atoms. The van der Waals surface area contributed by atoms with Crippen LogP contribution in [0.4, 0.5) is 0 Å². The fourth-order valence-corrected chi connectivity index (χ4v) is 1.79. The standard InChI is InChI=1S/C12H27N.C2H5O2P/c1-2-3-4-5-6-7-8-9-10-11-12-13;1-2-4-5-3/h2-13H2,1H3;2H2,1H3. The van der Waals surface area contributed by atoms with Crippen LogP contribution in [0.25, 0.3) is 0 Å². The van der Waals surface area contributed by atoms with Crippen molar-refractivity contribution in [1.82, 2.24) is 0 Å². The molecule has 0 unspecified atom stereocenters. The van der Waals surface area contributed by atoms with E-state index < -0.39 is 0 Å². The maximum absolute atomic E-state index is 9.28. The molecule has 0 amide bonds. The number of hydrogen-bond acceptors (Lipinski definition) is 3. The number of nitrogens with two attached hydrogens (primary N) is 1. The van der Waals surface area contributed by atoms with Gasteiger partial charge in [-0.3, -0.25) is 4.52 Å². The van der Waals surface area contributed by atoms with Crippen LogP contribution in [0.5, 0.6) is 0 Å². The molecule has 0 aliphatic rings. The van der Waals surface area contributed by atoms with Crippen molar-refractivity contribution in [3.05, 3.63) is 0 Å². The van der Waals surface area contributed by atoms with Crippen LogP contribution in [0, 0.1) is 0 Å². The van der Waals surface area contributed by atoms with E-state index in [0.29, 0.717) is 6.61 Å². The topological polar surface area (TPSA) is 52.3 Å². The van der Waals surface area contributed by atoms with Crippen LogP contribution in [0.3, 0.4) is 0 Å². The summed E-state index contributed by atoms with van der Waals surface area (Å²) in [6.07, 6.45) is 13.9. The minimum atomic E-state index is -0.220. The van der Waals surface area contributed by atoms with Crippen LogP contribution in [0.1, 0.15) is 78.1 Å². The maximum Gasteiger partial charge on any atom is 0.327 e. The predicted molar refractivity (Wildman–Crippen MR) is 80.1 cm³/mol. The normalized spacial score (nSPS) is 10.2. The third kappa shape index (κ3) is 25.0. The lowest BCUT2D eigenvalue weighted by Gasteiger charge is -2.00. The van der Waals surface area contributed by atoms with Gasteiger partial charge in [-0.15, -0.1) is 0 Å². The van der Waals surface area contributed by atoms with Crippen LogP contribution in [-0.4, -0.2) is 13.2 Å². The molecule has 0 fully saturated rings. The molecule has 0 atom stereocenters. The van der Waals surface area contributed by atoms with E-state index in [2.05, 4.69) is 11.4 Å². The molecular formula is C14H32NO2P. The molecule has 0 spiro atoms. The molecule has 0 rings (SSSR count). The Labute approximate surface area is 115 Å². The Bertz CT molecular complexity index is 136. The Morgan fingerprint density at radius 2 is 1.28 bits per heavy atom. The minimum Gasteiger partial charge on any atom is -0.330 e. The van der Waals surface area contributed by atoms with E-state index in [1.54, 1.807) is 6.92 Å². The predicted octanol–water partition coefficient (Wildman–Crippen LogP) is 5.10. The first-order valence-electron chi connectivity index (χ1n) is 7.48. The van der Waals surface area contributed by atoms with E-state index in [1.165, 1.54) is 64.2 Å². The van der Waals surface area contributed by atoms with Crippen molar-refractivity contribution < 1.29 is 9.09 Å². The molecule has 0 aromatic heterocycles. The van der Waals surface area contributed by atoms with Gasteiger partial charge in [-0.2, -0.15) is 0 Å². The second-order valence-corrected chi connectivity index (χ2v) is 4.87.